The predicted molar refractivity (Wildman–Crippen MR) is 50.4 cm³/mol. The van der Waals surface area contributed by atoms with Gasteiger partial charge in [0.2, 0.25) is 5.88 Å². The lowest BCUT2D eigenvalue weighted by Gasteiger charge is -1.93. The number of aromatic nitrogens is 2. The van der Waals surface area contributed by atoms with Gasteiger partial charge in [-0.1, -0.05) is 30.3 Å². The van der Waals surface area contributed by atoms with E-state index in [0.29, 0.717) is 11.5 Å². The van der Waals surface area contributed by atoms with Crippen LogP contribution in [0.25, 0.3) is 11.4 Å². The van der Waals surface area contributed by atoms with Crippen LogP contribution in [0.5, 0.6) is 5.88 Å². The minimum Gasteiger partial charge on any atom is -0.492 e. The minimum absolute atomic E-state index is 0.0684. The molecule has 1 heterocycles. The highest BCUT2D eigenvalue weighted by Crippen LogP contribution is 2.20. The monoisotopic (exact) mass is 174 g/mol. The summed E-state index contributed by atoms with van der Waals surface area (Å²) < 4.78 is 0. The molecule has 0 saturated carbocycles. The van der Waals surface area contributed by atoms with Gasteiger partial charge in [-0.3, -0.25) is 0 Å². The average molecular weight is 174 g/mol. The second-order valence-corrected chi connectivity index (χ2v) is 2.90. The Bertz CT molecular complexity index is 387. The van der Waals surface area contributed by atoms with Crippen LogP contribution in [0, 0.1) is 6.92 Å². The number of rotatable bonds is 1. The van der Waals surface area contributed by atoms with E-state index >= 15 is 0 Å². The molecule has 2 rings (SSSR count). The number of H-pyrrole nitrogens is 1. The fourth-order valence-corrected chi connectivity index (χ4v) is 1.18. The topological polar surface area (TPSA) is 48.9 Å². The summed E-state index contributed by atoms with van der Waals surface area (Å²) in [5.74, 6) is 0.773. The number of aryl methyl sites for hydroxylation is 1. The summed E-state index contributed by atoms with van der Waals surface area (Å²) in [6.45, 7) is 1.79. The Hall–Kier alpha value is -1.77. The number of nitrogens with zero attached hydrogens (tertiary/aromatic N) is 1. The third-order valence-electron chi connectivity index (χ3n) is 1.91. The molecule has 0 aliphatic rings. The molecule has 2 N–H and O–H groups in total. The minimum atomic E-state index is 0.0684. The van der Waals surface area contributed by atoms with Gasteiger partial charge >= 0.3 is 0 Å². The Morgan fingerprint density at radius 1 is 1.23 bits per heavy atom. The van der Waals surface area contributed by atoms with Crippen molar-refractivity contribution in [2.75, 3.05) is 0 Å². The molecule has 3 heteroatoms. The molecule has 13 heavy (non-hydrogen) atoms. The summed E-state index contributed by atoms with van der Waals surface area (Å²) in [7, 11) is 0. The van der Waals surface area contributed by atoms with Crippen LogP contribution in [-0.4, -0.2) is 15.1 Å². The van der Waals surface area contributed by atoms with Crippen LogP contribution in [0.3, 0.4) is 0 Å². The first-order valence-corrected chi connectivity index (χ1v) is 4.08. The molecule has 1 aromatic carbocycles. The zero-order valence-electron chi connectivity index (χ0n) is 7.28. The summed E-state index contributed by atoms with van der Waals surface area (Å²) in [4.78, 5) is 6.98. The first-order chi connectivity index (χ1) is 6.27. The van der Waals surface area contributed by atoms with Crippen molar-refractivity contribution < 1.29 is 5.11 Å². The number of imidazole rings is 1. The maximum Gasteiger partial charge on any atom is 0.232 e. The van der Waals surface area contributed by atoms with Crippen LogP contribution in [0.4, 0.5) is 0 Å². The summed E-state index contributed by atoms with van der Waals surface area (Å²) in [5.41, 5.74) is 1.67. The van der Waals surface area contributed by atoms with Gasteiger partial charge in [-0.15, -0.1) is 0 Å². The molecule has 0 bridgehead atoms. The highest BCUT2D eigenvalue weighted by Gasteiger charge is 2.05. The normalized spacial score (nSPS) is 10.2. The Balaban J connectivity index is 2.48. The second kappa shape index (κ2) is 2.94. The molecule has 0 saturated heterocycles. The highest BCUT2D eigenvalue weighted by atomic mass is 16.3. The van der Waals surface area contributed by atoms with Crippen molar-refractivity contribution in [1.82, 2.24) is 9.97 Å². The van der Waals surface area contributed by atoms with Crippen LogP contribution in [0.15, 0.2) is 30.3 Å². The average Bonchev–Trinajstić information content (AvgIpc) is 2.49. The summed E-state index contributed by atoms with van der Waals surface area (Å²) in [6.07, 6.45) is 0. The van der Waals surface area contributed by atoms with Crippen molar-refractivity contribution in [2.24, 2.45) is 0 Å². The summed E-state index contributed by atoms with van der Waals surface area (Å²) >= 11 is 0. The molecule has 0 amide bonds. The lowest BCUT2D eigenvalue weighted by Crippen LogP contribution is -1.78. The number of hydrogen-bond donors (Lipinski definition) is 2. The van der Waals surface area contributed by atoms with Crippen molar-refractivity contribution in [1.29, 1.82) is 0 Å². The predicted octanol–water partition coefficient (Wildman–Crippen LogP) is 2.09. The van der Waals surface area contributed by atoms with Crippen LogP contribution < -0.4 is 0 Å². The van der Waals surface area contributed by atoms with E-state index < -0.39 is 0 Å². The van der Waals surface area contributed by atoms with Crippen LogP contribution in [0.1, 0.15) is 5.69 Å². The van der Waals surface area contributed by atoms with E-state index in [9.17, 15) is 5.11 Å². The van der Waals surface area contributed by atoms with Gasteiger partial charge in [0.15, 0.2) is 0 Å². The second-order valence-electron chi connectivity index (χ2n) is 2.90. The van der Waals surface area contributed by atoms with Gasteiger partial charge < -0.3 is 10.1 Å². The molecule has 0 aliphatic carbocycles. The van der Waals surface area contributed by atoms with Crippen molar-refractivity contribution in [3.05, 3.63) is 36.0 Å². The van der Waals surface area contributed by atoms with Crippen molar-refractivity contribution in [3.8, 4) is 17.3 Å². The van der Waals surface area contributed by atoms with Gasteiger partial charge in [-0.25, -0.2) is 0 Å². The Labute approximate surface area is 76.1 Å². The molecular weight excluding hydrogens is 164 g/mol. The van der Waals surface area contributed by atoms with Gasteiger partial charge in [-0.05, 0) is 6.92 Å². The highest BCUT2D eigenvalue weighted by molar-refractivity contribution is 5.56. The Morgan fingerprint density at radius 3 is 2.46 bits per heavy atom. The van der Waals surface area contributed by atoms with E-state index in [1.807, 2.05) is 30.3 Å². The molecule has 0 unspecified atom stereocenters. The number of aromatic hydroxyl groups is 1. The number of aromatic amines is 1. The number of nitrogens with one attached hydrogen (secondary N) is 1. The molecular formula is C10H10N2O. The van der Waals surface area contributed by atoms with E-state index in [4.69, 9.17) is 0 Å². The maximum absolute atomic E-state index is 9.26. The van der Waals surface area contributed by atoms with E-state index in [1.54, 1.807) is 6.92 Å². The first-order valence-electron chi connectivity index (χ1n) is 4.08. The first kappa shape index (κ1) is 7.86. The summed E-state index contributed by atoms with van der Waals surface area (Å²) in [6, 6.07) is 9.70. The molecule has 3 nitrogen and oxygen atoms in total. The SMILES string of the molecule is Cc1[nH]c(-c2ccccc2)nc1O. The molecule has 1 aromatic heterocycles. The van der Waals surface area contributed by atoms with Crippen LogP contribution in [-0.2, 0) is 0 Å². The van der Waals surface area contributed by atoms with Crippen molar-refractivity contribution >= 4 is 0 Å². The lowest BCUT2D eigenvalue weighted by atomic mass is 10.2. The maximum atomic E-state index is 9.26. The molecule has 0 fully saturated rings. The quantitative estimate of drug-likeness (QED) is 0.695. The van der Waals surface area contributed by atoms with Gasteiger partial charge in [0.25, 0.3) is 0 Å². The number of hydrogen-bond acceptors (Lipinski definition) is 2. The smallest absolute Gasteiger partial charge is 0.232 e. The van der Waals surface area contributed by atoms with Gasteiger partial charge in [0.05, 0.1) is 5.69 Å². The Morgan fingerprint density at radius 2 is 1.92 bits per heavy atom. The largest absolute Gasteiger partial charge is 0.492 e. The fraction of sp³-hybridized carbons (Fsp3) is 0.100. The Kier molecular flexibility index (Phi) is 1.77. The lowest BCUT2D eigenvalue weighted by molar-refractivity contribution is 0.452. The van der Waals surface area contributed by atoms with E-state index in [1.165, 1.54) is 0 Å². The third kappa shape index (κ3) is 1.40. The van der Waals surface area contributed by atoms with E-state index in [-0.39, 0.29) is 5.88 Å². The molecule has 0 atom stereocenters. The molecule has 0 spiro atoms. The van der Waals surface area contributed by atoms with E-state index in [0.717, 1.165) is 5.56 Å². The standard InChI is InChI=1S/C10H10N2O/c1-7-10(13)12-9(11-7)8-5-3-2-4-6-8/h2-6,13H,1H3,(H,11,12). The van der Waals surface area contributed by atoms with Gasteiger partial charge in [0.1, 0.15) is 5.82 Å². The van der Waals surface area contributed by atoms with Crippen molar-refractivity contribution in [2.45, 2.75) is 6.92 Å². The molecule has 0 aliphatic heterocycles. The van der Waals surface area contributed by atoms with E-state index in [2.05, 4.69) is 9.97 Å². The molecule has 66 valence electrons. The fourth-order valence-electron chi connectivity index (χ4n) is 1.18. The number of benzene rings is 1. The zero-order valence-corrected chi connectivity index (χ0v) is 7.28. The summed E-state index contributed by atoms with van der Waals surface area (Å²) in [5, 5.41) is 9.26. The third-order valence-corrected chi connectivity index (χ3v) is 1.91. The van der Waals surface area contributed by atoms with Crippen molar-refractivity contribution in [3.63, 3.8) is 0 Å². The van der Waals surface area contributed by atoms with Gasteiger partial charge in [-0.2, -0.15) is 4.98 Å². The van der Waals surface area contributed by atoms with Crippen LogP contribution >= 0.6 is 0 Å². The molecule has 0 radical (unpaired) electrons. The van der Waals surface area contributed by atoms with Crippen LogP contribution in [0.2, 0.25) is 0 Å². The van der Waals surface area contributed by atoms with Gasteiger partial charge in [0, 0.05) is 5.56 Å². The molecule has 2 aromatic rings. The zero-order chi connectivity index (χ0) is 9.26.